The lowest BCUT2D eigenvalue weighted by atomic mass is 10.1. The molecule has 1 aromatic carbocycles. The minimum Gasteiger partial charge on any atom is -0.483 e. The lowest BCUT2D eigenvalue weighted by Gasteiger charge is -2.06. The minimum atomic E-state index is -0.282. The maximum atomic E-state index is 10.3. The summed E-state index contributed by atoms with van der Waals surface area (Å²) in [6.45, 7) is 14.9. The zero-order chi connectivity index (χ0) is 32.7. The van der Waals surface area contributed by atoms with Crippen molar-refractivity contribution in [3.63, 3.8) is 0 Å². The predicted molar refractivity (Wildman–Crippen MR) is 178 cm³/mol. The molecule has 236 valence electrons. The highest BCUT2D eigenvalue weighted by Gasteiger charge is 2.07. The number of nitrogens with two attached hydrogens (primary N) is 3. The molecule has 0 radical (unpaired) electrons. The van der Waals surface area contributed by atoms with E-state index in [1.165, 1.54) is 36.8 Å². The number of aliphatic imine (C=N–C) groups is 1. The van der Waals surface area contributed by atoms with Gasteiger partial charge in [0.2, 0.25) is 5.91 Å². The fourth-order valence-electron chi connectivity index (χ4n) is 2.70. The van der Waals surface area contributed by atoms with E-state index in [-0.39, 0.29) is 24.4 Å². The SMILES string of the molecule is C1=CCC=CC(c2ccccc2)=C1.C=O.CC.CCC.CCCCCCN=C(N)N.CC[C@@H](NC)C(N)=O.O=CO. The summed E-state index contributed by atoms with van der Waals surface area (Å²) < 4.78 is 0. The summed E-state index contributed by atoms with van der Waals surface area (Å²) in [5.41, 5.74) is 17.8. The number of guanidine groups is 1. The Morgan fingerprint density at radius 3 is 1.95 bits per heavy atom. The molecule has 0 spiro atoms. The highest BCUT2D eigenvalue weighted by Crippen LogP contribution is 2.17. The molecule has 0 bridgehead atoms. The summed E-state index contributed by atoms with van der Waals surface area (Å²) in [5, 5.41) is 9.67. The molecular weight excluding hydrogens is 518 g/mol. The van der Waals surface area contributed by atoms with Crippen molar-refractivity contribution in [2.45, 2.75) is 92.5 Å². The number of hydrogen-bond donors (Lipinski definition) is 5. The molecule has 0 aliphatic heterocycles. The second kappa shape index (κ2) is 43.3. The Labute approximate surface area is 250 Å². The molecule has 0 saturated heterocycles. The highest BCUT2D eigenvalue weighted by atomic mass is 16.3. The minimum absolute atomic E-state index is 0.157. The van der Waals surface area contributed by atoms with E-state index >= 15 is 0 Å². The number of carboxylic acid groups (broad SMARTS) is 1. The number of hydrogen-bond acceptors (Lipinski definition) is 5. The van der Waals surface area contributed by atoms with Gasteiger partial charge in [-0.3, -0.25) is 14.6 Å². The monoisotopic (exact) mass is 577 g/mol. The Morgan fingerprint density at radius 1 is 1.02 bits per heavy atom. The van der Waals surface area contributed by atoms with Crippen LogP contribution < -0.4 is 22.5 Å². The van der Waals surface area contributed by atoms with Crippen molar-refractivity contribution in [2.75, 3.05) is 13.6 Å². The average molecular weight is 578 g/mol. The number of amides is 1. The van der Waals surface area contributed by atoms with Crippen molar-refractivity contribution in [2.24, 2.45) is 22.2 Å². The average Bonchev–Trinajstić information content (AvgIpc) is 3.27. The van der Waals surface area contributed by atoms with Gasteiger partial charge in [0, 0.05) is 6.54 Å². The van der Waals surface area contributed by atoms with Crippen LogP contribution in [0.3, 0.4) is 0 Å². The van der Waals surface area contributed by atoms with Gasteiger partial charge in [-0.05, 0) is 37.4 Å². The first-order chi connectivity index (χ1) is 19.8. The normalized spacial score (nSPS) is 10.7. The first kappa shape index (κ1) is 47.1. The smallest absolute Gasteiger partial charge is 0.290 e. The zero-order valence-corrected chi connectivity index (χ0v) is 26.6. The van der Waals surface area contributed by atoms with Crippen LogP contribution in [0.25, 0.3) is 5.57 Å². The van der Waals surface area contributed by atoms with Gasteiger partial charge in [-0.2, -0.15) is 0 Å². The molecule has 1 atom stereocenters. The van der Waals surface area contributed by atoms with Crippen LogP contribution in [0.5, 0.6) is 0 Å². The number of rotatable bonds is 9. The zero-order valence-electron chi connectivity index (χ0n) is 26.6. The second-order valence-corrected chi connectivity index (χ2v) is 7.89. The number of nitrogens with zero attached hydrogens (tertiary/aromatic N) is 1. The number of likely N-dealkylation sites (N-methyl/N-ethyl adjacent to an activating group) is 1. The van der Waals surface area contributed by atoms with Gasteiger partial charge in [0.25, 0.3) is 6.47 Å². The molecule has 9 heteroatoms. The van der Waals surface area contributed by atoms with Crippen LogP contribution in [0, 0.1) is 0 Å². The summed E-state index contributed by atoms with van der Waals surface area (Å²) in [4.78, 5) is 30.6. The Hall–Kier alpha value is -3.72. The molecule has 0 fully saturated rings. The van der Waals surface area contributed by atoms with E-state index in [2.05, 4.69) is 85.7 Å². The van der Waals surface area contributed by atoms with Crippen LogP contribution in [0.1, 0.15) is 92.1 Å². The fourth-order valence-corrected chi connectivity index (χ4v) is 2.70. The van der Waals surface area contributed by atoms with Gasteiger partial charge in [0.05, 0.1) is 6.04 Å². The molecule has 9 nitrogen and oxygen atoms in total. The molecule has 0 saturated carbocycles. The summed E-state index contributed by atoms with van der Waals surface area (Å²) >= 11 is 0. The van der Waals surface area contributed by atoms with E-state index in [4.69, 9.17) is 31.9 Å². The van der Waals surface area contributed by atoms with Gasteiger partial charge in [0.15, 0.2) is 5.96 Å². The number of carbonyl (C=O) groups is 3. The van der Waals surface area contributed by atoms with Gasteiger partial charge < -0.3 is 32.4 Å². The lowest BCUT2D eigenvalue weighted by molar-refractivity contribution is -0.123. The molecule has 2 rings (SSSR count). The number of primary amides is 1. The van der Waals surface area contributed by atoms with E-state index in [1.54, 1.807) is 7.05 Å². The first-order valence-corrected chi connectivity index (χ1v) is 14.3. The topological polar surface area (TPSA) is 174 Å². The number of unbranched alkanes of at least 4 members (excludes halogenated alkanes) is 3. The maximum Gasteiger partial charge on any atom is 0.290 e. The van der Waals surface area contributed by atoms with E-state index in [0.29, 0.717) is 0 Å². The molecule has 0 aromatic heterocycles. The Morgan fingerprint density at radius 2 is 1.56 bits per heavy atom. The van der Waals surface area contributed by atoms with E-state index < -0.39 is 0 Å². The molecule has 1 aliphatic carbocycles. The third-order valence-corrected chi connectivity index (χ3v) is 4.49. The summed E-state index contributed by atoms with van der Waals surface area (Å²) in [5.74, 6) is -0.0773. The van der Waals surface area contributed by atoms with Gasteiger partial charge in [-0.25, -0.2) is 0 Å². The molecule has 1 aliphatic rings. The summed E-state index contributed by atoms with van der Waals surface area (Å²) in [6.07, 6.45) is 18.7. The van der Waals surface area contributed by atoms with Crippen LogP contribution in [0.2, 0.25) is 0 Å². The number of carbonyl (C=O) groups excluding carboxylic acids is 2. The van der Waals surface area contributed by atoms with Crippen molar-refractivity contribution in [3.8, 4) is 0 Å². The van der Waals surface area contributed by atoms with Gasteiger partial charge in [0.1, 0.15) is 6.79 Å². The van der Waals surface area contributed by atoms with Crippen molar-refractivity contribution >= 4 is 30.7 Å². The second-order valence-electron chi connectivity index (χ2n) is 7.89. The third kappa shape index (κ3) is 40.9. The van der Waals surface area contributed by atoms with Crippen molar-refractivity contribution in [3.05, 3.63) is 66.3 Å². The van der Waals surface area contributed by atoms with Crippen molar-refractivity contribution in [1.82, 2.24) is 5.32 Å². The maximum absolute atomic E-state index is 10.3. The Bertz CT molecular complexity index is 787. The van der Waals surface area contributed by atoms with Gasteiger partial charge in [-0.1, -0.05) is 128 Å². The lowest BCUT2D eigenvalue weighted by Crippen LogP contribution is -2.38. The van der Waals surface area contributed by atoms with Crippen molar-refractivity contribution < 1.29 is 19.5 Å². The predicted octanol–water partition coefficient (Wildman–Crippen LogP) is 5.85. The van der Waals surface area contributed by atoms with Crippen LogP contribution in [0.15, 0.2) is 65.7 Å². The number of benzene rings is 1. The standard InChI is InChI=1S/C13H12.C7H17N3.C5H12N2O.C3H8.C2H6.CH2O2.CH2O/c1-2-5-9-12(8-4-1)13-10-6-3-7-11-13;1-2-3-4-5-6-10-7(8)9;1-3-4(7-2)5(6)8;1-3-2;1-2;2-1-3;1-2/h1,3-11H,2H2;2-6H2,1H3,(H4,8,9,10);4,7H,3H2,1-2H3,(H2,6,8);3H2,1-2H3;1-2H3;1H,(H,2,3);1H2/t;;4-;;;;/m..1..../s1. The molecule has 8 N–H and O–H groups in total. The van der Waals surface area contributed by atoms with Crippen LogP contribution in [-0.4, -0.2) is 49.9 Å². The van der Waals surface area contributed by atoms with Crippen LogP contribution in [0.4, 0.5) is 0 Å². The Balaban J connectivity index is -0.000000139. The molecule has 0 unspecified atom stereocenters. The van der Waals surface area contributed by atoms with E-state index in [9.17, 15) is 4.79 Å². The molecule has 41 heavy (non-hydrogen) atoms. The summed E-state index contributed by atoms with van der Waals surface area (Å²) in [7, 11) is 1.72. The van der Waals surface area contributed by atoms with Crippen LogP contribution in [-0.2, 0) is 14.4 Å². The quantitative estimate of drug-likeness (QED) is 0.106. The first-order valence-electron chi connectivity index (χ1n) is 14.3. The number of nitrogens with one attached hydrogen (secondary N) is 1. The molecule has 1 aromatic rings. The molecule has 1 amide bonds. The molecular formula is C32H59N5O4. The summed E-state index contributed by atoms with van der Waals surface area (Å²) in [6, 6.07) is 10.3. The number of allylic oxidation sites excluding steroid dienone is 6. The fraction of sp³-hybridized carbons (Fsp3) is 0.500. The Kier molecular flexibility index (Phi) is 49.8. The van der Waals surface area contributed by atoms with E-state index in [0.717, 1.165) is 25.8 Å². The van der Waals surface area contributed by atoms with E-state index in [1.807, 2.05) is 33.6 Å². The highest BCUT2D eigenvalue weighted by molar-refractivity contribution is 5.79. The molecule has 0 heterocycles. The van der Waals surface area contributed by atoms with Gasteiger partial charge in [-0.15, -0.1) is 0 Å². The largest absolute Gasteiger partial charge is 0.483 e. The van der Waals surface area contributed by atoms with Gasteiger partial charge >= 0.3 is 0 Å². The van der Waals surface area contributed by atoms with Crippen LogP contribution >= 0.6 is 0 Å². The third-order valence-electron chi connectivity index (χ3n) is 4.49. The van der Waals surface area contributed by atoms with Crippen molar-refractivity contribution in [1.29, 1.82) is 0 Å².